The zero-order valence-corrected chi connectivity index (χ0v) is 14.1. The first-order chi connectivity index (χ1) is 9.83. The lowest BCUT2D eigenvalue weighted by molar-refractivity contribution is -0.0182. The molecular formula is C18H37NO. The predicted octanol–water partition coefficient (Wildman–Crippen LogP) is 4.92. The van der Waals surface area contributed by atoms with E-state index in [9.17, 15) is 0 Å². The van der Waals surface area contributed by atoms with E-state index >= 15 is 0 Å². The van der Waals surface area contributed by atoms with Crippen LogP contribution in [0.1, 0.15) is 84.5 Å². The number of ether oxygens (including phenoxy) is 1. The Hall–Kier alpha value is -0.0800. The monoisotopic (exact) mass is 283 g/mol. The molecule has 2 atom stereocenters. The summed E-state index contributed by atoms with van der Waals surface area (Å²) in [5, 5.41) is 3.55. The minimum absolute atomic E-state index is 0.441. The maximum absolute atomic E-state index is 6.15. The number of unbranched alkanes of at least 4 members (excludes halogenated alkanes) is 4. The molecule has 0 aromatic heterocycles. The van der Waals surface area contributed by atoms with Gasteiger partial charge in [0.15, 0.2) is 0 Å². The van der Waals surface area contributed by atoms with Crippen LogP contribution in [0, 0.1) is 5.92 Å². The van der Waals surface area contributed by atoms with Crippen molar-refractivity contribution >= 4 is 0 Å². The molecule has 0 aromatic rings. The summed E-state index contributed by atoms with van der Waals surface area (Å²) in [5.74, 6) is 0.789. The fourth-order valence-electron chi connectivity index (χ4n) is 3.68. The fraction of sp³-hybridized carbons (Fsp3) is 1.00. The lowest BCUT2D eigenvalue weighted by atomic mass is 9.81. The van der Waals surface area contributed by atoms with Crippen molar-refractivity contribution in [1.29, 1.82) is 0 Å². The Kier molecular flexibility index (Phi) is 10.4. The first-order valence-electron chi connectivity index (χ1n) is 9.12. The summed E-state index contributed by atoms with van der Waals surface area (Å²) in [6.07, 6.45) is 15.6. The normalized spacial score (nSPS) is 19.9. The van der Waals surface area contributed by atoms with Crippen LogP contribution in [0.4, 0.5) is 0 Å². The molecule has 120 valence electrons. The minimum atomic E-state index is 0.441. The van der Waals surface area contributed by atoms with Crippen LogP contribution in [0.25, 0.3) is 0 Å². The van der Waals surface area contributed by atoms with Crippen molar-refractivity contribution in [1.82, 2.24) is 5.32 Å². The van der Waals surface area contributed by atoms with Crippen LogP contribution in [-0.2, 0) is 4.74 Å². The molecule has 1 aliphatic rings. The molecule has 0 radical (unpaired) electrons. The van der Waals surface area contributed by atoms with Crippen molar-refractivity contribution in [3.8, 4) is 0 Å². The molecule has 1 rings (SSSR count). The number of likely N-dealkylation sites (N-methyl/N-ethyl adjacent to an activating group) is 1. The average Bonchev–Trinajstić information content (AvgIpc) is 2.50. The van der Waals surface area contributed by atoms with Crippen LogP contribution < -0.4 is 5.32 Å². The summed E-state index contributed by atoms with van der Waals surface area (Å²) in [4.78, 5) is 0. The SMILES string of the molecule is CCCCCCCC(NC)C(OCC)C1CCCCC1. The van der Waals surface area contributed by atoms with Gasteiger partial charge in [0.25, 0.3) is 0 Å². The largest absolute Gasteiger partial charge is 0.377 e. The van der Waals surface area contributed by atoms with Gasteiger partial charge in [0.2, 0.25) is 0 Å². The van der Waals surface area contributed by atoms with E-state index in [0.29, 0.717) is 12.1 Å². The molecule has 0 amide bonds. The van der Waals surface area contributed by atoms with Crippen molar-refractivity contribution in [2.75, 3.05) is 13.7 Å². The van der Waals surface area contributed by atoms with Gasteiger partial charge in [-0.05, 0) is 39.2 Å². The van der Waals surface area contributed by atoms with Gasteiger partial charge in [0.05, 0.1) is 6.10 Å². The van der Waals surface area contributed by atoms with Crippen molar-refractivity contribution in [2.45, 2.75) is 96.6 Å². The Balaban J connectivity index is 2.39. The van der Waals surface area contributed by atoms with E-state index in [1.165, 1.54) is 70.6 Å². The zero-order chi connectivity index (χ0) is 14.6. The van der Waals surface area contributed by atoms with Crippen LogP contribution in [0.5, 0.6) is 0 Å². The summed E-state index contributed by atoms with van der Waals surface area (Å²) in [7, 11) is 2.12. The van der Waals surface area contributed by atoms with Gasteiger partial charge in [-0.15, -0.1) is 0 Å². The molecule has 0 saturated heterocycles. The summed E-state index contributed by atoms with van der Waals surface area (Å²) >= 11 is 0. The van der Waals surface area contributed by atoms with E-state index in [4.69, 9.17) is 4.74 Å². The first-order valence-corrected chi connectivity index (χ1v) is 9.12. The Morgan fingerprint density at radius 2 is 1.70 bits per heavy atom. The smallest absolute Gasteiger partial charge is 0.0755 e. The molecule has 0 aromatic carbocycles. The number of hydrogen-bond donors (Lipinski definition) is 1. The van der Waals surface area contributed by atoms with Gasteiger partial charge in [0.1, 0.15) is 0 Å². The molecule has 0 aliphatic heterocycles. The third-order valence-corrected chi connectivity index (χ3v) is 4.86. The number of hydrogen-bond acceptors (Lipinski definition) is 2. The molecule has 0 spiro atoms. The Labute approximate surface area is 127 Å². The number of rotatable bonds is 11. The van der Waals surface area contributed by atoms with Gasteiger partial charge in [-0.1, -0.05) is 58.3 Å². The second-order valence-corrected chi connectivity index (χ2v) is 6.42. The van der Waals surface area contributed by atoms with Gasteiger partial charge in [-0.25, -0.2) is 0 Å². The van der Waals surface area contributed by atoms with Crippen LogP contribution in [0.2, 0.25) is 0 Å². The summed E-state index contributed by atoms with van der Waals surface area (Å²) in [6.45, 7) is 5.28. The lowest BCUT2D eigenvalue weighted by Crippen LogP contribution is -2.44. The molecule has 1 saturated carbocycles. The minimum Gasteiger partial charge on any atom is -0.377 e. The molecule has 1 aliphatic carbocycles. The molecule has 0 bridgehead atoms. The van der Waals surface area contributed by atoms with Crippen LogP contribution in [0.15, 0.2) is 0 Å². The highest BCUT2D eigenvalue weighted by Gasteiger charge is 2.29. The van der Waals surface area contributed by atoms with Crippen molar-refractivity contribution in [3.63, 3.8) is 0 Å². The Morgan fingerprint density at radius 3 is 2.30 bits per heavy atom. The molecule has 2 unspecified atom stereocenters. The quantitative estimate of drug-likeness (QED) is 0.543. The van der Waals surface area contributed by atoms with E-state index in [0.717, 1.165) is 12.5 Å². The average molecular weight is 284 g/mol. The van der Waals surface area contributed by atoms with E-state index < -0.39 is 0 Å². The highest BCUT2D eigenvalue weighted by atomic mass is 16.5. The molecule has 1 fully saturated rings. The van der Waals surface area contributed by atoms with E-state index in [1.807, 2.05) is 0 Å². The maximum Gasteiger partial charge on any atom is 0.0755 e. The topological polar surface area (TPSA) is 21.3 Å². The second kappa shape index (κ2) is 11.6. The van der Waals surface area contributed by atoms with Crippen LogP contribution in [0.3, 0.4) is 0 Å². The van der Waals surface area contributed by atoms with Crippen molar-refractivity contribution in [3.05, 3.63) is 0 Å². The zero-order valence-electron chi connectivity index (χ0n) is 14.1. The molecule has 2 nitrogen and oxygen atoms in total. The highest BCUT2D eigenvalue weighted by Crippen LogP contribution is 2.30. The highest BCUT2D eigenvalue weighted by molar-refractivity contribution is 4.84. The maximum atomic E-state index is 6.15. The van der Waals surface area contributed by atoms with E-state index in [1.54, 1.807) is 0 Å². The predicted molar refractivity (Wildman–Crippen MR) is 88.2 cm³/mol. The molecule has 1 N–H and O–H groups in total. The van der Waals surface area contributed by atoms with Gasteiger partial charge in [-0.2, -0.15) is 0 Å². The van der Waals surface area contributed by atoms with Crippen molar-refractivity contribution in [2.24, 2.45) is 5.92 Å². The first kappa shape index (κ1) is 18.0. The van der Waals surface area contributed by atoms with E-state index in [-0.39, 0.29) is 0 Å². The third-order valence-electron chi connectivity index (χ3n) is 4.86. The molecule has 0 heterocycles. The van der Waals surface area contributed by atoms with Gasteiger partial charge < -0.3 is 10.1 Å². The Bertz CT molecular complexity index is 213. The third kappa shape index (κ3) is 6.58. The standard InChI is InChI=1S/C18H37NO/c1-4-6-7-8-12-15-17(19-3)18(20-5-2)16-13-10-9-11-14-16/h16-19H,4-15H2,1-3H3. The van der Waals surface area contributed by atoms with Crippen LogP contribution >= 0.6 is 0 Å². The van der Waals surface area contributed by atoms with Crippen molar-refractivity contribution < 1.29 is 4.74 Å². The number of nitrogens with one attached hydrogen (secondary N) is 1. The van der Waals surface area contributed by atoms with Gasteiger partial charge in [0, 0.05) is 12.6 Å². The van der Waals surface area contributed by atoms with Crippen LogP contribution in [-0.4, -0.2) is 25.8 Å². The molecule has 2 heteroatoms. The van der Waals surface area contributed by atoms with E-state index in [2.05, 4.69) is 26.2 Å². The summed E-state index contributed by atoms with van der Waals surface area (Å²) in [6, 6.07) is 0.555. The summed E-state index contributed by atoms with van der Waals surface area (Å²) in [5.41, 5.74) is 0. The van der Waals surface area contributed by atoms with Gasteiger partial charge >= 0.3 is 0 Å². The summed E-state index contributed by atoms with van der Waals surface area (Å²) < 4.78 is 6.15. The Morgan fingerprint density at radius 1 is 1.00 bits per heavy atom. The molecular weight excluding hydrogens is 246 g/mol. The van der Waals surface area contributed by atoms with Gasteiger partial charge in [-0.3, -0.25) is 0 Å². The fourth-order valence-corrected chi connectivity index (χ4v) is 3.68. The molecule has 20 heavy (non-hydrogen) atoms. The second-order valence-electron chi connectivity index (χ2n) is 6.42. The lowest BCUT2D eigenvalue weighted by Gasteiger charge is -2.35.